The molecular formula is C17H27NO3Sn. The molecule has 22 heavy (non-hydrogen) atoms. The third-order valence-corrected chi connectivity index (χ3v) is 6.88. The topological polar surface area (TPSA) is 66.4 Å². The van der Waals surface area contributed by atoms with E-state index in [1.54, 1.807) is 27.1 Å². The molecule has 4 nitrogen and oxygen atoms in total. The van der Waals surface area contributed by atoms with Crippen molar-refractivity contribution < 1.29 is 14.7 Å². The summed E-state index contributed by atoms with van der Waals surface area (Å²) >= 11 is 0.149. The van der Waals surface area contributed by atoms with E-state index in [1.165, 1.54) is 38.0 Å². The number of nitrogens with one attached hydrogen (secondary N) is 1. The standard InChI is InChI=1S/C9H9NO3.2C4H9.Sn/c11-8-4-2-1-3-7(8)5-10-6-9(12)13;2*1-3-4-2;/h1-5,10H,6H2,(H,12,13);2*1,3-4H2,2H3;/b7-5-;;;. The molecule has 1 aliphatic carbocycles. The number of hydrogen-bond acceptors (Lipinski definition) is 3. The Morgan fingerprint density at radius 3 is 2.27 bits per heavy atom. The summed E-state index contributed by atoms with van der Waals surface area (Å²) in [5, 5.41) is 10.8. The van der Waals surface area contributed by atoms with E-state index in [4.69, 9.17) is 5.11 Å². The van der Waals surface area contributed by atoms with Crippen molar-refractivity contribution in [2.24, 2.45) is 0 Å². The van der Waals surface area contributed by atoms with Crippen LogP contribution in [0.4, 0.5) is 0 Å². The fourth-order valence-electron chi connectivity index (χ4n) is 1.58. The van der Waals surface area contributed by atoms with Crippen molar-refractivity contribution in [1.82, 2.24) is 5.32 Å². The van der Waals surface area contributed by atoms with Crippen LogP contribution in [0.15, 0.2) is 36.1 Å². The zero-order chi connectivity index (χ0) is 16.6. The number of rotatable bonds is 9. The van der Waals surface area contributed by atoms with Crippen LogP contribution in [0.5, 0.6) is 0 Å². The zero-order valence-corrected chi connectivity index (χ0v) is 16.5. The van der Waals surface area contributed by atoms with Crippen LogP contribution >= 0.6 is 0 Å². The van der Waals surface area contributed by atoms with Gasteiger partial charge in [0.15, 0.2) is 5.78 Å². The molecule has 0 heterocycles. The molecule has 0 saturated heterocycles. The summed E-state index contributed by atoms with van der Waals surface area (Å²) in [5.41, 5.74) is 0.462. The first-order valence-corrected chi connectivity index (χ1v) is 11.9. The summed E-state index contributed by atoms with van der Waals surface area (Å²) in [5.74, 6) is -1.08. The summed E-state index contributed by atoms with van der Waals surface area (Å²) in [4.78, 5) is 21.2. The number of unbranched alkanes of at least 4 members (excludes halogenated alkanes) is 2. The van der Waals surface area contributed by atoms with Gasteiger partial charge in [-0.15, -0.1) is 0 Å². The molecular weight excluding hydrogens is 385 g/mol. The van der Waals surface area contributed by atoms with Gasteiger partial charge in [-0.25, -0.2) is 0 Å². The predicted molar refractivity (Wildman–Crippen MR) is 92.2 cm³/mol. The smallest absolute Gasteiger partial charge is 0.322 e. The number of ketones is 1. The van der Waals surface area contributed by atoms with Gasteiger partial charge in [0.05, 0.1) is 0 Å². The SMILES string of the molecule is CCC[CH2][Sn][CH2]CCC.O=C(O)CN/C=C1/C=CC=CC1=O. The normalized spacial score (nSPS) is 14.6. The zero-order valence-electron chi connectivity index (χ0n) is 13.6. The van der Waals surface area contributed by atoms with Crippen molar-refractivity contribution in [1.29, 1.82) is 0 Å². The summed E-state index contributed by atoms with van der Waals surface area (Å²) in [6.07, 6.45) is 13.6. The van der Waals surface area contributed by atoms with Crippen molar-refractivity contribution in [3.05, 3.63) is 36.1 Å². The summed E-state index contributed by atoms with van der Waals surface area (Å²) in [6, 6.07) is 0. The minimum absolute atomic E-state index is 0.125. The molecule has 0 saturated carbocycles. The Labute approximate surface area is 144 Å². The van der Waals surface area contributed by atoms with Gasteiger partial charge in [0.1, 0.15) is 6.54 Å². The number of carbonyl (C=O) groups excluding carboxylic acids is 1. The van der Waals surface area contributed by atoms with Crippen LogP contribution in [0.25, 0.3) is 0 Å². The number of carboxylic acids is 1. The van der Waals surface area contributed by atoms with E-state index in [2.05, 4.69) is 19.2 Å². The minimum Gasteiger partial charge on any atom is -0.480 e. The average Bonchev–Trinajstić information content (AvgIpc) is 2.49. The number of carbonyl (C=O) groups is 2. The molecule has 0 bridgehead atoms. The Balaban J connectivity index is 0.000000433. The van der Waals surface area contributed by atoms with E-state index in [0.29, 0.717) is 5.57 Å². The van der Waals surface area contributed by atoms with Gasteiger partial charge in [-0.05, 0) is 12.2 Å². The van der Waals surface area contributed by atoms with E-state index in [-0.39, 0.29) is 33.5 Å². The van der Waals surface area contributed by atoms with Crippen LogP contribution in [0.3, 0.4) is 0 Å². The summed E-state index contributed by atoms with van der Waals surface area (Å²) < 4.78 is 3.25. The first-order valence-electron chi connectivity index (χ1n) is 7.86. The number of hydrogen-bond donors (Lipinski definition) is 2. The molecule has 1 rings (SSSR count). The van der Waals surface area contributed by atoms with Gasteiger partial charge in [-0.2, -0.15) is 0 Å². The number of aliphatic carboxylic acids is 1. The molecule has 0 amide bonds. The van der Waals surface area contributed by atoms with Crippen LogP contribution in [-0.4, -0.2) is 44.5 Å². The minimum atomic E-state index is -0.959. The van der Waals surface area contributed by atoms with Crippen LogP contribution in [0, 0.1) is 0 Å². The second-order valence-electron chi connectivity index (χ2n) is 4.91. The third kappa shape index (κ3) is 12.7. The Hall–Kier alpha value is -1.04. The molecule has 0 aromatic carbocycles. The number of allylic oxidation sites excluding steroid dienone is 5. The van der Waals surface area contributed by atoms with E-state index < -0.39 is 5.97 Å². The van der Waals surface area contributed by atoms with Crippen LogP contribution in [-0.2, 0) is 9.59 Å². The first kappa shape index (κ1) is 21.0. The molecule has 0 aliphatic heterocycles. The van der Waals surface area contributed by atoms with E-state index >= 15 is 0 Å². The van der Waals surface area contributed by atoms with E-state index in [1.807, 2.05) is 0 Å². The van der Waals surface area contributed by atoms with E-state index in [0.717, 1.165) is 0 Å². The molecule has 0 aromatic rings. The maximum Gasteiger partial charge on any atom is 0.322 e. The first-order chi connectivity index (χ1) is 10.6. The molecule has 0 unspecified atom stereocenters. The maximum absolute atomic E-state index is 11.1. The Morgan fingerprint density at radius 2 is 1.77 bits per heavy atom. The van der Waals surface area contributed by atoms with Crippen LogP contribution < -0.4 is 5.32 Å². The van der Waals surface area contributed by atoms with Crippen LogP contribution in [0.1, 0.15) is 39.5 Å². The quantitative estimate of drug-likeness (QED) is 0.346. The fraction of sp³-hybridized carbons (Fsp3) is 0.529. The monoisotopic (exact) mass is 413 g/mol. The van der Waals surface area contributed by atoms with Crippen molar-refractivity contribution in [2.75, 3.05) is 6.54 Å². The Morgan fingerprint density at radius 1 is 1.18 bits per heavy atom. The van der Waals surface area contributed by atoms with Crippen molar-refractivity contribution in [3.8, 4) is 0 Å². The number of carboxylic acid groups (broad SMARTS) is 1. The molecule has 0 fully saturated rings. The van der Waals surface area contributed by atoms with Crippen molar-refractivity contribution in [2.45, 2.75) is 48.4 Å². The van der Waals surface area contributed by atoms with Gasteiger partial charge in [-0.1, -0.05) is 12.2 Å². The van der Waals surface area contributed by atoms with Crippen LogP contribution in [0.2, 0.25) is 8.87 Å². The molecule has 2 N–H and O–H groups in total. The molecule has 0 atom stereocenters. The molecule has 5 heteroatoms. The molecule has 2 radical (unpaired) electrons. The fourth-order valence-corrected chi connectivity index (χ4v) is 5.74. The summed E-state index contributed by atoms with van der Waals surface area (Å²) in [7, 11) is 0. The van der Waals surface area contributed by atoms with Gasteiger partial charge in [0, 0.05) is 11.8 Å². The molecule has 0 spiro atoms. The van der Waals surface area contributed by atoms with E-state index in [9.17, 15) is 9.59 Å². The van der Waals surface area contributed by atoms with Gasteiger partial charge in [-0.3, -0.25) is 9.59 Å². The largest absolute Gasteiger partial charge is 0.480 e. The summed E-state index contributed by atoms with van der Waals surface area (Å²) in [6.45, 7) is 4.40. The predicted octanol–water partition coefficient (Wildman–Crippen LogP) is 3.37. The molecule has 122 valence electrons. The Kier molecular flexibility index (Phi) is 14.2. The van der Waals surface area contributed by atoms with Crippen molar-refractivity contribution in [3.63, 3.8) is 0 Å². The van der Waals surface area contributed by atoms with Gasteiger partial charge in [0.2, 0.25) is 0 Å². The van der Waals surface area contributed by atoms with Gasteiger partial charge >= 0.3 is 75.5 Å². The molecule has 1 aliphatic rings. The van der Waals surface area contributed by atoms with Gasteiger partial charge in [0.25, 0.3) is 0 Å². The average molecular weight is 412 g/mol. The molecule has 0 aromatic heterocycles. The second-order valence-corrected chi connectivity index (χ2v) is 9.20. The third-order valence-electron chi connectivity index (χ3n) is 2.84. The second kappa shape index (κ2) is 14.9. The Bertz CT molecular complexity index is 408. The maximum atomic E-state index is 11.1. The van der Waals surface area contributed by atoms with Gasteiger partial charge < -0.3 is 10.4 Å². The van der Waals surface area contributed by atoms with Crippen molar-refractivity contribution >= 4 is 32.9 Å².